The lowest BCUT2D eigenvalue weighted by molar-refractivity contribution is 0.464. The number of halogens is 1. The van der Waals surface area contributed by atoms with Gasteiger partial charge in [-0.15, -0.1) is 0 Å². The first-order valence-corrected chi connectivity index (χ1v) is 8.00. The van der Waals surface area contributed by atoms with E-state index in [0.29, 0.717) is 10.9 Å². The van der Waals surface area contributed by atoms with Gasteiger partial charge in [0.15, 0.2) is 5.58 Å². The first kappa shape index (κ1) is 16.4. The van der Waals surface area contributed by atoms with E-state index in [2.05, 4.69) is 52.9 Å². The lowest BCUT2D eigenvalue weighted by atomic mass is 9.84. The Balaban J connectivity index is 2.51. The van der Waals surface area contributed by atoms with Crippen LogP contribution >= 0.6 is 11.6 Å². The molecule has 3 heteroatoms. The van der Waals surface area contributed by atoms with E-state index >= 15 is 0 Å². The van der Waals surface area contributed by atoms with Crippen LogP contribution in [-0.4, -0.2) is 6.54 Å². The second-order valence-corrected chi connectivity index (χ2v) is 7.71. The molecule has 0 aliphatic carbocycles. The van der Waals surface area contributed by atoms with Crippen molar-refractivity contribution in [3.8, 4) is 0 Å². The quantitative estimate of drug-likeness (QED) is 0.814. The number of hydrogen-bond acceptors (Lipinski definition) is 2. The Hall–Kier alpha value is -0.990. The van der Waals surface area contributed by atoms with Crippen molar-refractivity contribution < 1.29 is 4.42 Å². The van der Waals surface area contributed by atoms with Gasteiger partial charge in [0, 0.05) is 10.9 Å². The molecule has 1 aromatic carbocycles. The van der Waals surface area contributed by atoms with Crippen LogP contribution in [0.1, 0.15) is 51.5 Å². The molecule has 2 rings (SSSR count). The lowest BCUT2D eigenvalue weighted by Crippen LogP contribution is -2.21. The van der Waals surface area contributed by atoms with E-state index in [1.54, 1.807) is 0 Å². The lowest BCUT2D eigenvalue weighted by Gasteiger charge is -2.20. The van der Waals surface area contributed by atoms with Crippen LogP contribution in [0.15, 0.2) is 16.5 Å². The van der Waals surface area contributed by atoms with Gasteiger partial charge in [-0.25, -0.2) is 0 Å². The Kier molecular flexibility index (Phi) is 4.69. The van der Waals surface area contributed by atoms with Gasteiger partial charge in [-0.1, -0.05) is 46.2 Å². The number of fused-ring (bicyclic) bond motifs is 1. The molecule has 0 aliphatic heterocycles. The van der Waals surface area contributed by atoms with E-state index in [1.807, 2.05) is 6.07 Å². The molecule has 116 valence electrons. The SMILES string of the molecule is Cc1cc(Cl)c2oc(CNCC(C)C)c(C(C)(C)C)c2c1. The van der Waals surface area contributed by atoms with Crippen LogP contribution in [0.3, 0.4) is 0 Å². The smallest absolute Gasteiger partial charge is 0.153 e. The van der Waals surface area contributed by atoms with Crippen LogP contribution in [0.5, 0.6) is 0 Å². The maximum Gasteiger partial charge on any atom is 0.153 e. The first-order chi connectivity index (χ1) is 9.70. The highest BCUT2D eigenvalue weighted by molar-refractivity contribution is 6.35. The van der Waals surface area contributed by atoms with Gasteiger partial charge in [-0.3, -0.25) is 0 Å². The van der Waals surface area contributed by atoms with Crippen molar-refractivity contribution in [3.63, 3.8) is 0 Å². The van der Waals surface area contributed by atoms with E-state index in [4.69, 9.17) is 16.0 Å². The van der Waals surface area contributed by atoms with Crippen molar-refractivity contribution in [2.75, 3.05) is 6.54 Å². The van der Waals surface area contributed by atoms with Crippen molar-refractivity contribution >= 4 is 22.6 Å². The molecule has 0 spiro atoms. The third-order valence-corrected chi connectivity index (χ3v) is 3.83. The second kappa shape index (κ2) is 6.02. The molecular formula is C18H26ClNO. The van der Waals surface area contributed by atoms with Gasteiger partial charge < -0.3 is 9.73 Å². The normalized spacial score (nSPS) is 12.6. The zero-order chi connectivity index (χ0) is 15.8. The van der Waals surface area contributed by atoms with E-state index in [9.17, 15) is 0 Å². The van der Waals surface area contributed by atoms with Gasteiger partial charge >= 0.3 is 0 Å². The Bertz CT molecular complexity index is 635. The van der Waals surface area contributed by atoms with Gasteiger partial charge in [-0.05, 0) is 42.5 Å². The predicted octanol–water partition coefficient (Wildman–Crippen LogP) is 5.44. The molecule has 1 heterocycles. The van der Waals surface area contributed by atoms with Crippen molar-refractivity contribution in [1.82, 2.24) is 5.32 Å². The monoisotopic (exact) mass is 307 g/mol. The molecule has 0 fully saturated rings. The summed E-state index contributed by atoms with van der Waals surface area (Å²) < 4.78 is 6.10. The number of aryl methyl sites for hydroxylation is 1. The Labute approximate surface area is 132 Å². The summed E-state index contributed by atoms with van der Waals surface area (Å²) >= 11 is 6.37. The van der Waals surface area contributed by atoms with Crippen LogP contribution in [0.25, 0.3) is 11.0 Å². The summed E-state index contributed by atoms with van der Waals surface area (Å²) in [6, 6.07) is 4.14. The molecule has 0 saturated heterocycles. The molecule has 1 aromatic heterocycles. The largest absolute Gasteiger partial charge is 0.458 e. The second-order valence-electron chi connectivity index (χ2n) is 7.30. The molecule has 0 unspecified atom stereocenters. The van der Waals surface area contributed by atoms with Crippen LogP contribution in [0, 0.1) is 12.8 Å². The minimum absolute atomic E-state index is 0.0250. The summed E-state index contributed by atoms with van der Waals surface area (Å²) in [6.07, 6.45) is 0. The molecule has 2 aromatic rings. The molecule has 1 N–H and O–H groups in total. The number of nitrogens with one attached hydrogen (secondary N) is 1. The first-order valence-electron chi connectivity index (χ1n) is 7.63. The van der Waals surface area contributed by atoms with Crippen molar-refractivity contribution in [2.24, 2.45) is 5.92 Å². The molecule has 0 aliphatic rings. The average molecular weight is 308 g/mol. The molecular weight excluding hydrogens is 282 g/mol. The van der Waals surface area contributed by atoms with Crippen molar-refractivity contribution in [2.45, 2.75) is 53.5 Å². The summed E-state index contributed by atoms with van der Waals surface area (Å²) in [5.74, 6) is 1.63. The van der Waals surface area contributed by atoms with Gasteiger partial charge in [0.25, 0.3) is 0 Å². The maximum absolute atomic E-state index is 6.37. The number of rotatable bonds is 4. The van der Waals surface area contributed by atoms with E-state index < -0.39 is 0 Å². The van der Waals surface area contributed by atoms with Crippen LogP contribution in [0.2, 0.25) is 5.02 Å². The third kappa shape index (κ3) is 3.61. The molecule has 0 bridgehead atoms. The number of benzene rings is 1. The summed E-state index contributed by atoms with van der Waals surface area (Å²) in [4.78, 5) is 0. The minimum atomic E-state index is 0.0250. The van der Waals surface area contributed by atoms with E-state index in [1.165, 1.54) is 11.1 Å². The molecule has 0 radical (unpaired) electrons. The van der Waals surface area contributed by atoms with Gasteiger partial charge in [-0.2, -0.15) is 0 Å². The zero-order valence-electron chi connectivity index (χ0n) is 13.9. The highest BCUT2D eigenvalue weighted by atomic mass is 35.5. The Morgan fingerprint density at radius 2 is 1.90 bits per heavy atom. The van der Waals surface area contributed by atoms with Crippen molar-refractivity contribution in [3.05, 3.63) is 34.0 Å². The Morgan fingerprint density at radius 3 is 2.48 bits per heavy atom. The maximum atomic E-state index is 6.37. The molecule has 0 amide bonds. The van der Waals surface area contributed by atoms with Gasteiger partial charge in [0.05, 0.1) is 11.6 Å². The molecule has 2 nitrogen and oxygen atoms in total. The van der Waals surface area contributed by atoms with Crippen LogP contribution in [-0.2, 0) is 12.0 Å². The number of furan rings is 1. The van der Waals surface area contributed by atoms with Gasteiger partial charge in [0.1, 0.15) is 5.76 Å². The highest BCUT2D eigenvalue weighted by Gasteiger charge is 2.26. The molecule has 21 heavy (non-hydrogen) atoms. The van der Waals surface area contributed by atoms with Crippen molar-refractivity contribution in [1.29, 1.82) is 0 Å². The standard InChI is InChI=1S/C18H26ClNO/c1-11(2)9-20-10-15-16(18(4,5)6)13-7-12(3)8-14(19)17(13)21-15/h7-8,11,20H,9-10H2,1-6H3. The Morgan fingerprint density at radius 1 is 1.24 bits per heavy atom. The number of hydrogen-bond donors (Lipinski definition) is 1. The summed E-state index contributed by atoms with van der Waals surface area (Å²) in [5, 5.41) is 5.32. The fourth-order valence-corrected chi connectivity index (χ4v) is 3.08. The summed E-state index contributed by atoms with van der Waals surface area (Å²) in [6.45, 7) is 14.9. The minimum Gasteiger partial charge on any atom is -0.458 e. The zero-order valence-corrected chi connectivity index (χ0v) is 14.7. The fraction of sp³-hybridized carbons (Fsp3) is 0.556. The highest BCUT2D eigenvalue weighted by Crippen LogP contribution is 2.39. The predicted molar refractivity (Wildman–Crippen MR) is 91.2 cm³/mol. The fourth-order valence-electron chi connectivity index (χ4n) is 2.76. The summed E-state index contributed by atoms with van der Waals surface area (Å²) in [7, 11) is 0. The average Bonchev–Trinajstić information content (AvgIpc) is 2.66. The van der Waals surface area contributed by atoms with Crippen LogP contribution in [0.4, 0.5) is 0 Å². The third-order valence-electron chi connectivity index (χ3n) is 3.55. The molecule has 0 saturated carbocycles. The summed E-state index contributed by atoms with van der Waals surface area (Å²) in [5.41, 5.74) is 3.27. The topological polar surface area (TPSA) is 25.2 Å². The van der Waals surface area contributed by atoms with E-state index in [-0.39, 0.29) is 5.41 Å². The van der Waals surface area contributed by atoms with Gasteiger partial charge in [0.2, 0.25) is 0 Å². The van der Waals surface area contributed by atoms with E-state index in [0.717, 1.165) is 29.8 Å². The van der Waals surface area contributed by atoms with Crippen LogP contribution < -0.4 is 5.32 Å². The molecule has 0 atom stereocenters.